The van der Waals surface area contributed by atoms with Gasteiger partial charge in [-0.15, -0.1) is 6.58 Å². The highest BCUT2D eigenvalue weighted by Crippen LogP contribution is 2.37. The quantitative estimate of drug-likeness (QED) is 0.398. The number of rotatable bonds is 10. The van der Waals surface area contributed by atoms with E-state index in [1.807, 2.05) is 61.5 Å². The molecule has 0 saturated heterocycles. The summed E-state index contributed by atoms with van der Waals surface area (Å²) in [6.07, 6.45) is 1.98. The molecule has 0 aliphatic carbocycles. The van der Waals surface area contributed by atoms with E-state index in [9.17, 15) is 14.4 Å². The summed E-state index contributed by atoms with van der Waals surface area (Å²) in [6, 6.07) is 15.7. The molecule has 2 aromatic rings. The minimum Gasteiger partial charge on any atom is -0.383 e. The first-order chi connectivity index (χ1) is 17.4. The molecule has 4 amide bonds. The SMILES string of the molecule is C=CCN1C(=O)NC(c2cccc(C)c2)C2=C1CN(C(Cc1ccccc1)C(=O)NCCOC)C2=O. The summed E-state index contributed by atoms with van der Waals surface area (Å²) < 4.78 is 5.07. The van der Waals surface area contributed by atoms with Crippen LogP contribution in [0.1, 0.15) is 22.7 Å². The smallest absolute Gasteiger partial charge is 0.322 e. The third-order valence-corrected chi connectivity index (χ3v) is 6.49. The number of carbonyl (C=O) groups excluding carboxylic acids is 3. The molecule has 0 spiro atoms. The molecule has 2 atom stereocenters. The maximum absolute atomic E-state index is 14.0. The Kier molecular flexibility index (Phi) is 7.85. The van der Waals surface area contributed by atoms with Crippen molar-refractivity contribution in [1.82, 2.24) is 20.4 Å². The Morgan fingerprint density at radius 3 is 2.69 bits per heavy atom. The van der Waals surface area contributed by atoms with Gasteiger partial charge in [-0.25, -0.2) is 4.79 Å². The second-order valence-corrected chi connectivity index (χ2v) is 8.98. The number of hydrogen-bond acceptors (Lipinski definition) is 4. The number of ether oxygens (including phenoxy) is 1. The fourth-order valence-electron chi connectivity index (χ4n) is 4.76. The fraction of sp³-hybridized carbons (Fsp3) is 0.321. The van der Waals surface area contributed by atoms with Gasteiger partial charge in [0.2, 0.25) is 5.91 Å². The predicted molar refractivity (Wildman–Crippen MR) is 137 cm³/mol. The van der Waals surface area contributed by atoms with E-state index in [-0.39, 0.29) is 30.9 Å². The number of urea groups is 1. The van der Waals surface area contributed by atoms with Crippen LogP contribution < -0.4 is 10.6 Å². The van der Waals surface area contributed by atoms with E-state index in [1.165, 1.54) is 4.90 Å². The van der Waals surface area contributed by atoms with Crippen molar-refractivity contribution in [3.63, 3.8) is 0 Å². The first-order valence-electron chi connectivity index (χ1n) is 12.0. The molecular formula is C28H32N4O4. The maximum Gasteiger partial charge on any atom is 0.322 e. The van der Waals surface area contributed by atoms with Crippen molar-refractivity contribution in [1.29, 1.82) is 0 Å². The van der Waals surface area contributed by atoms with Gasteiger partial charge in [0.25, 0.3) is 5.91 Å². The molecule has 0 radical (unpaired) electrons. The third kappa shape index (κ3) is 5.18. The van der Waals surface area contributed by atoms with Crippen molar-refractivity contribution in [2.45, 2.75) is 25.4 Å². The molecule has 2 N–H and O–H groups in total. The van der Waals surface area contributed by atoms with Crippen LogP contribution in [-0.2, 0) is 20.7 Å². The van der Waals surface area contributed by atoms with Crippen molar-refractivity contribution in [3.8, 4) is 0 Å². The molecular weight excluding hydrogens is 456 g/mol. The van der Waals surface area contributed by atoms with Crippen molar-refractivity contribution < 1.29 is 19.1 Å². The van der Waals surface area contributed by atoms with Gasteiger partial charge in [-0.05, 0) is 18.1 Å². The minimum absolute atomic E-state index is 0.160. The molecule has 0 saturated carbocycles. The van der Waals surface area contributed by atoms with Gasteiger partial charge in [0.05, 0.1) is 30.5 Å². The van der Waals surface area contributed by atoms with Crippen molar-refractivity contribution in [2.75, 3.05) is 33.4 Å². The second-order valence-electron chi connectivity index (χ2n) is 8.98. The molecule has 2 aliphatic rings. The molecule has 36 heavy (non-hydrogen) atoms. The summed E-state index contributed by atoms with van der Waals surface area (Å²) in [5.74, 6) is -0.515. The minimum atomic E-state index is -0.749. The lowest BCUT2D eigenvalue weighted by atomic mass is 9.94. The number of hydrogen-bond donors (Lipinski definition) is 2. The lowest BCUT2D eigenvalue weighted by Gasteiger charge is -2.33. The van der Waals surface area contributed by atoms with Crippen molar-refractivity contribution >= 4 is 17.8 Å². The number of methoxy groups -OCH3 is 1. The molecule has 8 nitrogen and oxygen atoms in total. The highest BCUT2D eigenvalue weighted by molar-refractivity contribution is 6.03. The second kappa shape index (κ2) is 11.2. The van der Waals surface area contributed by atoms with E-state index in [2.05, 4.69) is 17.2 Å². The molecule has 188 valence electrons. The lowest BCUT2D eigenvalue weighted by molar-refractivity contribution is -0.136. The number of benzene rings is 2. The van der Waals surface area contributed by atoms with Crippen LogP contribution in [0.15, 0.2) is 78.5 Å². The molecule has 8 heteroatoms. The van der Waals surface area contributed by atoms with Crippen molar-refractivity contribution in [3.05, 3.63) is 95.2 Å². The Morgan fingerprint density at radius 1 is 1.22 bits per heavy atom. The average Bonchev–Trinajstić information content (AvgIpc) is 3.21. The van der Waals surface area contributed by atoms with Crippen LogP contribution in [0.3, 0.4) is 0 Å². The standard InChI is InChI=1S/C28H32N4O4/c1-4-14-31-23-18-32(22(26(33)29-13-15-36-3)17-20-10-6-5-7-11-20)27(34)24(23)25(30-28(31)35)21-12-8-9-19(2)16-21/h4-12,16,22,25H,1,13-15,17-18H2,2-3H3,(H,29,33)(H,30,35). The summed E-state index contributed by atoms with van der Waals surface area (Å²) in [6.45, 7) is 6.87. The van der Waals surface area contributed by atoms with Crippen LogP contribution in [0, 0.1) is 6.92 Å². The van der Waals surface area contributed by atoms with Crippen molar-refractivity contribution in [2.24, 2.45) is 0 Å². The van der Waals surface area contributed by atoms with Crippen LogP contribution in [0.4, 0.5) is 4.79 Å². The van der Waals surface area contributed by atoms with E-state index in [0.717, 1.165) is 16.7 Å². The molecule has 0 fully saturated rings. The van der Waals surface area contributed by atoms with E-state index < -0.39 is 12.1 Å². The predicted octanol–water partition coefficient (Wildman–Crippen LogP) is 2.72. The number of aryl methyl sites for hydroxylation is 1. The number of amides is 4. The van der Waals surface area contributed by atoms with Gasteiger partial charge in [-0.1, -0.05) is 66.2 Å². The summed E-state index contributed by atoms with van der Waals surface area (Å²) >= 11 is 0. The lowest BCUT2D eigenvalue weighted by Crippen LogP contribution is -2.50. The summed E-state index contributed by atoms with van der Waals surface area (Å²) in [5.41, 5.74) is 3.89. The van der Waals surface area contributed by atoms with Crippen LogP contribution in [0.25, 0.3) is 0 Å². The van der Waals surface area contributed by atoms with Gasteiger partial charge in [0, 0.05) is 26.6 Å². The first-order valence-corrected chi connectivity index (χ1v) is 12.0. The summed E-state index contributed by atoms with van der Waals surface area (Å²) in [7, 11) is 1.57. The van der Waals surface area contributed by atoms with Gasteiger partial charge in [-0.2, -0.15) is 0 Å². The van der Waals surface area contributed by atoms with Gasteiger partial charge in [0.15, 0.2) is 0 Å². The molecule has 2 aliphatic heterocycles. The van der Waals surface area contributed by atoms with Crippen LogP contribution in [0.5, 0.6) is 0 Å². The summed E-state index contributed by atoms with van der Waals surface area (Å²) in [5, 5.41) is 5.88. The molecule has 2 unspecified atom stereocenters. The molecule has 2 aromatic carbocycles. The molecule has 4 rings (SSSR count). The zero-order valence-corrected chi connectivity index (χ0v) is 20.7. The Labute approximate surface area is 211 Å². The van der Waals surface area contributed by atoms with Gasteiger partial charge >= 0.3 is 6.03 Å². The number of nitrogens with one attached hydrogen (secondary N) is 2. The Hall–Kier alpha value is -3.91. The van der Waals surface area contributed by atoms with Gasteiger partial charge in [0.1, 0.15) is 6.04 Å². The van der Waals surface area contributed by atoms with E-state index in [1.54, 1.807) is 18.1 Å². The third-order valence-electron chi connectivity index (χ3n) is 6.49. The van der Waals surface area contributed by atoms with Crippen LogP contribution >= 0.6 is 0 Å². The Bertz CT molecular complexity index is 1180. The zero-order chi connectivity index (χ0) is 25.7. The monoisotopic (exact) mass is 488 g/mol. The number of carbonyl (C=O) groups is 3. The highest BCUT2D eigenvalue weighted by atomic mass is 16.5. The van der Waals surface area contributed by atoms with Crippen LogP contribution in [0.2, 0.25) is 0 Å². The maximum atomic E-state index is 14.0. The number of nitrogens with zero attached hydrogens (tertiary/aromatic N) is 2. The van der Waals surface area contributed by atoms with E-state index in [4.69, 9.17) is 4.74 Å². The fourth-order valence-corrected chi connectivity index (χ4v) is 4.76. The zero-order valence-electron chi connectivity index (χ0n) is 20.7. The first kappa shape index (κ1) is 25.2. The van der Waals surface area contributed by atoms with E-state index >= 15 is 0 Å². The van der Waals surface area contributed by atoms with Crippen LogP contribution in [-0.4, -0.2) is 67.0 Å². The topological polar surface area (TPSA) is 91.0 Å². The molecule has 2 heterocycles. The molecule has 0 bridgehead atoms. The summed E-state index contributed by atoms with van der Waals surface area (Å²) in [4.78, 5) is 43.5. The van der Waals surface area contributed by atoms with Gasteiger partial charge in [-0.3, -0.25) is 14.5 Å². The van der Waals surface area contributed by atoms with Gasteiger partial charge < -0.3 is 20.3 Å². The average molecular weight is 489 g/mol. The highest BCUT2D eigenvalue weighted by Gasteiger charge is 2.46. The molecule has 0 aromatic heterocycles. The normalized spacial score (nSPS) is 18.1. The largest absolute Gasteiger partial charge is 0.383 e. The Morgan fingerprint density at radius 2 is 2.00 bits per heavy atom. The Balaban J connectivity index is 1.71. The van der Waals surface area contributed by atoms with E-state index in [0.29, 0.717) is 30.8 Å².